The number of hydrogen-bond acceptors (Lipinski definition) is 2. The number of aliphatic hydroxyl groups excluding tert-OH is 1. The molecule has 0 saturated carbocycles. The molecule has 1 atom stereocenters. The van der Waals surface area contributed by atoms with Crippen molar-refractivity contribution in [3.63, 3.8) is 0 Å². The highest BCUT2D eigenvalue weighted by Gasteiger charge is 2.37. The van der Waals surface area contributed by atoms with Crippen LogP contribution in [0.3, 0.4) is 0 Å². The van der Waals surface area contributed by atoms with E-state index in [-0.39, 0.29) is 5.56 Å². The van der Waals surface area contributed by atoms with E-state index in [1.165, 1.54) is 26.0 Å². The lowest BCUT2D eigenvalue weighted by Gasteiger charge is -2.28. The first-order valence-electron chi connectivity index (χ1n) is 4.64. The van der Waals surface area contributed by atoms with Gasteiger partial charge in [-0.25, -0.2) is 13.6 Å². The summed E-state index contributed by atoms with van der Waals surface area (Å²) in [7, 11) is 0. The number of carboxylic acid groups (broad SMARTS) is 1. The molecule has 0 aromatic heterocycles. The van der Waals surface area contributed by atoms with Gasteiger partial charge in [0.2, 0.25) is 0 Å². The largest absolute Gasteiger partial charge is 0.479 e. The molecule has 0 aliphatic rings. The predicted octanol–water partition coefficient (Wildman–Crippen LogP) is 1.69. The molecule has 1 rings (SSSR count). The molecule has 0 radical (unpaired) electrons. The fraction of sp³-hybridized carbons (Fsp3) is 0.364. The second-order valence-corrected chi connectivity index (χ2v) is 4.06. The summed E-state index contributed by atoms with van der Waals surface area (Å²) in [6.45, 7) is 2.67. The minimum Gasteiger partial charge on any atom is -0.479 e. The fourth-order valence-electron chi connectivity index (χ4n) is 1.46. The zero-order valence-corrected chi connectivity index (χ0v) is 8.87. The van der Waals surface area contributed by atoms with E-state index in [1.54, 1.807) is 0 Å². The highest BCUT2D eigenvalue weighted by Crippen LogP contribution is 2.30. The van der Waals surface area contributed by atoms with Gasteiger partial charge in [0.15, 0.2) is 17.7 Å². The molecular formula is C11H12F2O3. The van der Waals surface area contributed by atoms with E-state index in [2.05, 4.69) is 0 Å². The van der Waals surface area contributed by atoms with E-state index in [0.717, 1.165) is 6.07 Å². The summed E-state index contributed by atoms with van der Waals surface area (Å²) in [4.78, 5) is 10.6. The van der Waals surface area contributed by atoms with Gasteiger partial charge in [-0.3, -0.25) is 0 Å². The molecule has 1 aromatic rings. The van der Waals surface area contributed by atoms with Gasteiger partial charge in [0, 0.05) is 5.41 Å². The SMILES string of the molecule is CC(C)(c1cccc(F)c1F)C(O)C(=O)O. The molecule has 0 aliphatic heterocycles. The van der Waals surface area contributed by atoms with E-state index in [1.807, 2.05) is 0 Å². The number of aliphatic carboxylic acids is 1. The Morgan fingerprint density at radius 2 is 1.94 bits per heavy atom. The van der Waals surface area contributed by atoms with Gasteiger partial charge in [0.1, 0.15) is 0 Å². The molecular weight excluding hydrogens is 218 g/mol. The summed E-state index contributed by atoms with van der Waals surface area (Å²) in [5, 5.41) is 18.1. The lowest BCUT2D eigenvalue weighted by Crippen LogP contribution is -2.40. The number of aliphatic hydroxyl groups is 1. The van der Waals surface area contributed by atoms with Crippen LogP contribution in [0, 0.1) is 11.6 Å². The Bertz CT molecular complexity index is 416. The second-order valence-electron chi connectivity index (χ2n) is 4.06. The smallest absolute Gasteiger partial charge is 0.333 e. The molecule has 0 fully saturated rings. The third-order valence-corrected chi connectivity index (χ3v) is 2.56. The van der Waals surface area contributed by atoms with Crippen LogP contribution in [0.15, 0.2) is 18.2 Å². The maximum atomic E-state index is 13.4. The number of carbonyl (C=O) groups is 1. The van der Waals surface area contributed by atoms with E-state index in [0.29, 0.717) is 0 Å². The van der Waals surface area contributed by atoms with Crippen molar-refractivity contribution in [1.29, 1.82) is 0 Å². The highest BCUT2D eigenvalue weighted by molar-refractivity contribution is 5.74. The van der Waals surface area contributed by atoms with Crippen LogP contribution in [0.2, 0.25) is 0 Å². The van der Waals surface area contributed by atoms with Crippen molar-refractivity contribution >= 4 is 5.97 Å². The van der Waals surface area contributed by atoms with Crippen LogP contribution < -0.4 is 0 Å². The first-order chi connectivity index (χ1) is 7.28. The summed E-state index contributed by atoms with van der Waals surface area (Å²) < 4.78 is 26.4. The van der Waals surface area contributed by atoms with Gasteiger partial charge in [-0.1, -0.05) is 26.0 Å². The highest BCUT2D eigenvalue weighted by atomic mass is 19.2. The van der Waals surface area contributed by atoms with Gasteiger partial charge in [-0.05, 0) is 11.6 Å². The van der Waals surface area contributed by atoms with Crippen molar-refractivity contribution in [2.24, 2.45) is 0 Å². The van der Waals surface area contributed by atoms with Crippen LogP contribution in [0.1, 0.15) is 19.4 Å². The molecule has 2 N–H and O–H groups in total. The fourth-order valence-corrected chi connectivity index (χ4v) is 1.46. The summed E-state index contributed by atoms with van der Waals surface area (Å²) >= 11 is 0. The number of halogens is 2. The molecule has 3 nitrogen and oxygen atoms in total. The van der Waals surface area contributed by atoms with E-state index in [4.69, 9.17) is 5.11 Å². The lowest BCUT2D eigenvalue weighted by molar-refractivity contribution is -0.150. The van der Waals surface area contributed by atoms with Gasteiger partial charge in [0.25, 0.3) is 0 Å². The Balaban J connectivity index is 3.26. The van der Waals surface area contributed by atoms with Crippen molar-refractivity contribution in [3.8, 4) is 0 Å². The van der Waals surface area contributed by atoms with E-state index < -0.39 is 29.1 Å². The molecule has 0 heterocycles. The average Bonchev–Trinajstić information content (AvgIpc) is 2.20. The van der Waals surface area contributed by atoms with Crippen LogP contribution in [-0.4, -0.2) is 22.3 Å². The summed E-state index contributed by atoms with van der Waals surface area (Å²) in [5.41, 5.74) is -1.57. The molecule has 1 unspecified atom stereocenters. The van der Waals surface area contributed by atoms with Crippen molar-refractivity contribution < 1.29 is 23.8 Å². The Morgan fingerprint density at radius 3 is 2.44 bits per heavy atom. The van der Waals surface area contributed by atoms with Crippen LogP contribution in [-0.2, 0) is 10.2 Å². The summed E-state index contributed by atoms with van der Waals surface area (Å²) in [5.74, 6) is -3.68. The van der Waals surface area contributed by atoms with Crippen LogP contribution in [0.5, 0.6) is 0 Å². The zero-order chi connectivity index (χ0) is 12.5. The summed E-state index contributed by atoms with van der Waals surface area (Å²) in [6.07, 6.45) is -1.80. The normalized spacial score (nSPS) is 13.6. The van der Waals surface area contributed by atoms with Crippen molar-refractivity contribution in [3.05, 3.63) is 35.4 Å². The monoisotopic (exact) mass is 230 g/mol. The Labute approximate surface area is 91.3 Å². The quantitative estimate of drug-likeness (QED) is 0.830. The van der Waals surface area contributed by atoms with Crippen molar-refractivity contribution in [1.82, 2.24) is 0 Å². The predicted molar refractivity (Wildman–Crippen MR) is 53.0 cm³/mol. The molecule has 5 heteroatoms. The van der Waals surface area contributed by atoms with Crippen LogP contribution in [0.4, 0.5) is 8.78 Å². The van der Waals surface area contributed by atoms with Gasteiger partial charge >= 0.3 is 5.97 Å². The first kappa shape index (κ1) is 12.6. The Kier molecular flexibility index (Phi) is 3.28. The average molecular weight is 230 g/mol. The number of hydrogen-bond donors (Lipinski definition) is 2. The third kappa shape index (κ3) is 2.04. The van der Waals surface area contributed by atoms with Gasteiger partial charge in [0.05, 0.1) is 0 Å². The molecule has 1 aromatic carbocycles. The molecule has 0 spiro atoms. The Hall–Kier alpha value is -1.49. The van der Waals surface area contributed by atoms with Gasteiger partial charge < -0.3 is 10.2 Å². The molecule has 0 bridgehead atoms. The number of carboxylic acids is 1. The summed E-state index contributed by atoms with van der Waals surface area (Å²) in [6, 6.07) is 3.46. The molecule has 16 heavy (non-hydrogen) atoms. The maximum Gasteiger partial charge on any atom is 0.333 e. The van der Waals surface area contributed by atoms with E-state index >= 15 is 0 Å². The third-order valence-electron chi connectivity index (χ3n) is 2.56. The van der Waals surface area contributed by atoms with Crippen molar-refractivity contribution in [2.45, 2.75) is 25.4 Å². The Morgan fingerprint density at radius 1 is 1.38 bits per heavy atom. The molecule has 0 saturated heterocycles. The standard InChI is InChI=1S/C11H12F2O3/c1-11(2,9(14)10(15)16)6-4-3-5-7(12)8(6)13/h3-5,9,14H,1-2H3,(H,15,16). The minimum atomic E-state index is -1.80. The number of benzene rings is 1. The van der Waals surface area contributed by atoms with Crippen LogP contribution >= 0.6 is 0 Å². The topological polar surface area (TPSA) is 57.5 Å². The molecule has 0 amide bonds. The van der Waals surface area contributed by atoms with Crippen LogP contribution in [0.25, 0.3) is 0 Å². The van der Waals surface area contributed by atoms with E-state index in [9.17, 15) is 18.7 Å². The van der Waals surface area contributed by atoms with Gasteiger partial charge in [-0.15, -0.1) is 0 Å². The maximum absolute atomic E-state index is 13.4. The molecule has 0 aliphatic carbocycles. The lowest BCUT2D eigenvalue weighted by atomic mass is 9.79. The first-order valence-corrected chi connectivity index (χ1v) is 4.64. The zero-order valence-electron chi connectivity index (χ0n) is 8.87. The number of rotatable bonds is 3. The minimum absolute atomic E-state index is 0.164. The molecule has 88 valence electrons. The van der Waals surface area contributed by atoms with Crippen molar-refractivity contribution in [2.75, 3.05) is 0 Å². The second kappa shape index (κ2) is 4.17. The van der Waals surface area contributed by atoms with Gasteiger partial charge in [-0.2, -0.15) is 0 Å².